The molecular formula is C13H13N3O3S. The van der Waals surface area contributed by atoms with Gasteiger partial charge in [0.2, 0.25) is 11.8 Å². The van der Waals surface area contributed by atoms with Gasteiger partial charge in [0.05, 0.1) is 17.0 Å². The van der Waals surface area contributed by atoms with E-state index in [9.17, 15) is 14.4 Å². The molecule has 20 heavy (non-hydrogen) atoms. The van der Waals surface area contributed by atoms with Crippen LogP contribution in [0.25, 0.3) is 0 Å². The number of imide groups is 1. The van der Waals surface area contributed by atoms with Gasteiger partial charge in [0.25, 0.3) is 5.91 Å². The van der Waals surface area contributed by atoms with Crippen LogP contribution in [0.2, 0.25) is 0 Å². The van der Waals surface area contributed by atoms with E-state index in [0.29, 0.717) is 5.56 Å². The van der Waals surface area contributed by atoms with Crippen LogP contribution >= 0.6 is 11.3 Å². The van der Waals surface area contributed by atoms with Crippen LogP contribution in [-0.4, -0.2) is 41.8 Å². The van der Waals surface area contributed by atoms with Crippen LogP contribution in [0.15, 0.2) is 11.4 Å². The van der Waals surface area contributed by atoms with Crippen LogP contribution in [0.3, 0.4) is 0 Å². The van der Waals surface area contributed by atoms with Crippen molar-refractivity contribution in [2.75, 3.05) is 13.1 Å². The molecule has 2 heterocycles. The summed E-state index contributed by atoms with van der Waals surface area (Å²) >= 11 is 1.32. The first-order valence-electron chi connectivity index (χ1n) is 5.95. The molecule has 0 aliphatic carbocycles. The van der Waals surface area contributed by atoms with Gasteiger partial charge in [-0.3, -0.25) is 19.7 Å². The van der Waals surface area contributed by atoms with E-state index >= 15 is 0 Å². The largest absolute Gasteiger partial charge is 0.320 e. The Bertz CT molecular complexity index is 626. The molecule has 104 valence electrons. The van der Waals surface area contributed by atoms with Crippen LogP contribution in [0.5, 0.6) is 0 Å². The molecule has 7 heteroatoms. The van der Waals surface area contributed by atoms with Crippen molar-refractivity contribution in [1.29, 1.82) is 0 Å². The summed E-state index contributed by atoms with van der Waals surface area (Å²) in [6.45, 7) is 1.71. The Morgan fingerprint density at radius 3 is 3.05 bits per heavy atom. The van der Waals surface area contributed by atoms with Gasteiger partial charge in [0.1, 0.15) is 12.6 Å². The van der Waals surface area contributed by atoms with Gasteiger partial charge in [-0.05, 0) is 13.0 Å². The fourth-order valence-electron chi connectivity index (χ4n) is 1.78. The second kappa shape index (κ2) is 5.86. The van der Waals surface area contributed by atoms with E-state index in [4.69, 9.17) is 5.73 Å². The smallest absolute Gasteiger partial charge is 0.255 e. The van der Waals surface area contributed by atoms with Gasteiger partial charge in [0, 0.05) is 5.38 Å². The van der Waals surface area contributed by atoms with Gasteiger partial charge in [-0.2, -0.15) is 0 Å². The van der Waals surface area contributed by atoms with Crippen LogP contribution in [0, 0.1) is 11.8 Å². The lowest BCUT2D eigenvalue weighted by molar-refractivity contribution is -0.138. The first-order chi connectivity index (χ1) is 9.52. The zero-order chi connectivity index (χ0) is 14.7. The average Bonchev–Trinajstić information content (AvgIpc) is 2.88. The zero-order valence-corrected chi connectivity index (χ0v) is 11.6. The number of carbonyl (C=O) groups is 3. The number of thiophene rings is 1. The average molecular weight is 291 g/mol. The molecule has 1 aromatic heterocycles. The standard InChI is InChI=1S/C13H13N3O3S/c1-8-12(18)15-11(17)6-16(8)13(19)9-5-10(20-7-9)3-2-4-14/h5,7-8H,4,6,14H2,1H3,(H,15,17,18). The highest BCUT2D eigenvalue weighted by Crippen LogP contribution is 2.17. The van der Waals surface area contributed by atoms with Crippen molar-refractivity contribution in [3.63, 3.8) is 0 Å². The number of amides is 3. The molecule has 0 bridgehead atoms. The lowest BCUT2D eigenvalue weighted by Crippen LogP contribution is -2.58. The maximum atomic E-state index is 12.3. The molecule has 0 radical (unpaired) electrons. The number of nitrogens with zero attached hydrogens (tertiary/aromatic N) is 1. The number of hydrogen-bond donors (Lipinski definition) is 2. The summed E-state index contributed by atoms with van der Waals surface area (Å²) in [4.78, 5) is 37.2. The van der Waals surface area contributed by atoms with Crippen LogP contribution < -0.4 is 11.1 Å². The zero-order valence-electron chi connectivity index (χ0n) is 10.8. The van der Waals surface area contributed by atoms with Crippen molar-refractivity contribution in [2.45, 2.75) is 13.0 Å². The van der Waals surface area contributed by atoms with E-state index in [2.05, 4.69) is 17.2 Å². The van der Waals surface area contributed by atoms with Crippen LogP contribution in [0.1, 0.15) is 22.2 Å². The number of hydrogen-bond acceptors (Lipinski definition) is 5. The summed E-state index contributed by atoms with van der Waals surface area (Å²) in [5.41, 5.74) is 5.70. The van der Waals surface area contributed by atoms with Gasteiger partial charge in [-0.1, -0.05) is 11.8 Å². The van der Waals surface area contributed by atoms with Gasteiger partial charge in [0.15, 0.2) is 0 Å². The molecule has 1 fully saturated rings. The molecule has 1 aliphatic rings. The number of nitrogens with one attached hydrogen (secondary N) is 1. The van der Waals surface area contributed by atoms with Crippen molar-refractivity contribution in [1.82, 2.24) is 10.2 Å². The molecule has 1 atom stereocenters. The van der Waals surface area contributed by atoms with Crippen molar-refractivity contribution >= 4 is 29.1 Å². The highest BCUT2D eigenvalue weighted by molar-refractivity contribution is 7.10. The van der Waals surface area contributed by atoms with Crippen LogP contribution in [-0.2, 0) is 9.59 Å². The fraction of sp³-hybridized carbons (Fsp3) is 0.308. The predicted octanol–water partition coefficient (Wildman–Crippen LogP) is -0.455. The highest BCUT2D eigenvalue weighted by Gasteiger charge is 2.34. The number of rotatable bonds is 1. The number of carbonyl (C=O) groups excluding carboxylic acids is 3. The Hall–Kier alpha value is -2.17. The summed E-state index contributed by atoms with van der Waals surface area (Å²) < 4.78 is 0. The van der Waals surface area contributed by atoms with Crippen molar-refractivity contribution in [2.24, 2.45) is 5.73 Å². The quantitative estimate of drug-likeness (QED) is 0.541. The number of piperazine rings is 1. The molecule has 0 aromatic carbocycles. The number of nitrogens with two attached hydrogens (primary N) is 1. The minimum absolute atomic E-state index is 0.120. The minimum Gasteiger partial charge on any atom is -0.320 e. The fourth-order valence-corrected chi connectivity index (χ4v) is 2.53. The molecular weight excluding hydrogens is 278 g/mol. The predicted molar refractivity (Wildman–Crippen MR) is 73.9 cm³/mol. The van der Waals surface area contributed by atoms with E-state index in [-0.39, 0.29) is 19.0 Å². The summed E-state index contributed by atoms with van der Waals surface area (Å²) in [7, 11) is 0. The van der Waals surface area contributed by atoms with Gasteiger partial charge >= 0.3 is 0 Å². The van der Waals surface area contributed by atoms with Gasteiger partial charge in [-0.15, -0.1) is 11.3 Å². The third-order valence-electron chi connectivity index (χ3n) is 2.84. The molecule has 1 saturated heterocycles. The van der Waals surface area contributed by atoms with E-state index in [1.54, 1.807) is 18.4 Å². The Balaban J connectivity index is 2.20. The molecule has 3 N–H and O–H groups in total. The van der Waals surface area contributed by atoms with Crippen molar-refractivity contribution in [3.05, 3.63) is 21.9 Å². The maximum Gasteiger partial charge on any atom is 0.255 e. The molecule has 1 aromatic rings. The SMILES string of the molecule is CC1C(=O)NC(=O)CN1C(=O)c1csc(C#CCN)c1. The highest BCUT2D eigenvalue weighted by atomic mass is 32.1. The van der Waals surface area contributed by atoms with E-state index in [1.165, 1.54) is 16.2 Å². The van der Waals surface area contributed by atoms with Crippen LogP contribution in [0.4, 0.5) is 0 Å². The lowest BCUT2D eigenvalue weighted by Gasteiger charge is -2.31. The minimum atomic E-state index is -0.668. The third-order valence-corrected chi connectivity index (χ3v) is 3.69. The molecule has 6 nitrogen and oxygen atoms in total. The monoisotopic (exact) mass is 291 g/mol. The Labute approximate surface area is 119 Å². The second-order valence-electron chi connectivity index (χ2n) is 4.23. The first kappa shape index (κ1) is 14.2. The molecule has 2 rings (SSSR count). The molecule has 3 amide bonds. The summed E-state index contributed by atoms with van der Waals surface area (Å²) in [6.07, 6.45) is 0. The van der Waals surface area contributed by atoms with E-state index < -0.39 is 17.9 Å². The topological polar surface area (TPSA) is 92.5 Å². The van der Waals surface area contributed by atoms with Crippen molar-refractivity contribution in [3.8, 4) is 11.8 Å². The molecule has 1 aliphatic heterocycles. The van der Waals surface area contributed by atoms with Crippen molar-refractivity contribution < 1.29 is 14.4 Å². The van der Waals surface area contributed by atoms with E-state index in [0.717, 1.165) is 4.88 Å². The normalized spacial score (nSPS) is 18.3. The van der Waals surface area contributed by atoms with Gasteiger partial charge in [-0.25, -0.2) is 0 Å². The summed E-state index contributed by atoms with van der Waals surface area (Å²) in [6, 6.07) is 0.970. The summed E-state index contributed by atoms with van der Waals surface area (Å²) in [5, 5.41) is 3.85. The van der Waals surface area contributed by atoms with Gasteiger partial charge < -0.3 is 10.6 Å². The summed E-state index contributed by atoms with van der Waals surface area (Å²) in [5.74, 6) is 4.26. The Morgan fingerprint density at radius 1 is 1.60 bits per heavy atom. The molecule has 1 unspecified atom stereocenters. The third kappa shape index (κ3) is 2.87. The molecule has 0 saturated carbocycles. The Morgan fingerprint density at radius 2 is 2.35 bits per heavy atom. The first-order valence-corrected chi connectivity index (χ1v) is 6.83. The maximum absolute atomic E-state index is 12.3. The Kier molecular flexibility index (Phi) is 4.17. The molecule has 0 spiro atoms. The van der Waals surface area contributed by atoms with E-state index in [1.807, 2.05) is 0 Å². The lowest BCUT2D eigenvalue weighted by atomic mass is 10.1. The second-order valence-corrected chi connectivity index (χ2v) is 5.14.